The normalized spacial score (nSPS) is 16.2. The minimum Gasteiger partial charge on any atom is -0.493 e. The fraction of sp³-hybridized carbons (Fsp3) is 0.269. The van der Waals surface area contributed by atoms with E-state index in [0.29, 0.717) is 30.3 Å². The maximum atomic E-state index is 13.0. The summed E-state index contributed by atoms with van der Waals surface area (Å²) in [5.41, 5.74) is 3.67. The molecule has 0 N–H and O–H groups in total. The predicted octanol–water partition coefficient (Wildman–Crippen LogP) is 5.08. The summed E-state index contributed by atoms with van der Waals surface area (Å²) < 4.78 is 22.8. The lowest BCUT2D eigenvalue weighted by Crippen LogP contribution is -2.34. The number of carbonyl (C=O) groups is 1. The van der Waals surface area contributed by atoms with Crippen molar-refractivity contribution in [2.75, 3.05) is 27.5 Å². The van der Waals surface area contributed by atoms with Crippen molar-refractivity contribution in [3.63, 3.8) is 0 Å². The molecule has 170 valence electrons. The van der Waals surface area contributed by atoms with E-state index >= 15 is 0 Å². The van der Waals surface area contributed by atoms with Gasteiger partial charge in [-0.2, -0.15) is 0 Å². The Kier molecular flexibility index (Phi) is 5.83. The molecule has 6 nitrogen and oxygen atoms in total. The number of nitrogens with zero attached hydrogens (tertiary/aromatic N) is 1. The van der Waals surface area contributed by atoms with Crippen molar-refractivity contribution in [1.29, 1.82) is 0 Å². The van der Waals surface area contributed by atoms with Gasteiger partial charge in [0.15, 0.2) is 17.3 Å². The van der Waals surface area contributed by atoms with E-state index in [1.54, 1.807) is 25.6 Å². The van der Waals surface area contributed by atoms with Gasteiger partial charge in [0.1, 0.15) is 18.2 Å². The number of thiophene rings is 1. The molecule has 2 aliphatic rings. The second kappa shape index (κ2) is 8.92. The highest BCUT2D eigenvalue weighted by Crippen LogP contribution is 2.43. The second-order valence-electron chi connectivity index (χ2n) is 8.09. The van der Waals surface area contributed by atoms with Gasteiger partial charge >= 0.3 is 0 Å². The molecule has 0 bridgehead atoms. The van der Waals surface area contributed by atoms with Crippen LogP contribution in [0.25, 0.3) is 6.08 Å². The molecule has 0 radical (unpaired) electrons. The first-order valence-electron chi connectivity index (χ1n) is 10.8. The highest BCUT2D eigenvalue weighted by Gasteiger charge is 2.33. The number of hydrogen-bond donors (Lipinski definition) is 0. The van der Waals surface area contributed by atoms with Gasteiger partial charge in [-0.15, -0.1) is 11.3 Å². The third-order valence-corrected chi connectivity index (χ3v) is 6.80. The van der Waals surface area contributed by atoms with Crippen LogP contribution in [0.4, 0.5) is 0 Å². The van der Waals surface area contributed by atoms with Crippen LogP contribution in [-0.4, -0.2) is 38.2 Å². The molecule has 7 heteroatoms. The Hall–Kier alpha value is -3.29. The minimum atomic E-state index is -0.0771. The van der Waals surface area contributed by atoms with Gasteiger partial charge in [0.05, 0.1) is 19.8 Å². The third-order valence-electron chi connectivity index (χ3n) is 5.98. The van der Waals surface area contributed by atoms with Crippen LogP contribution in [0.1, 0.15) is 31.9 Å². The van der Waals surface area contributed by atoms with Crippen molar-refractivity contribution >= 4 is 23.2 Å². The number of fused-ring (bicyclic) bond motifs is 2. The molecular formula is C26H25NO5S. The quantitative estimate of drug-likeness (QED) is 0.475. The van der Waals surface area contributed by atoms with Crippen molar-refractivity contribution in [1.82, 2.24) is 4.90 Å². The van der Waals surface area contributed by atoms with Gasteiger partial charge in [0.2, 0.25) is 5.78 Å². The summed E-state index contributed by atoms with van der Waals surface area (Å²) in [6.45, 7) is 3.98. The fourth-order valence-electron chi connectivity index (χ4n) is 4.27. The van der Waals surface area contributed by atoms with Crippen LogP contribution in [0.15, 0.2) is 47.5 Å². The van der Waals surface area contributed by atoms with E-state index < -0.39 is 0 Å². The Morgan fingerprint density at radius 3 is 2.73 bits per heavy atom. The molecule has 0 amide bonds. The maximum absolute atomic E-state index is 13.0. The number of benzene rings is 2. The molecule has 5 rings (SSSR count). The molecule has 0 unspecified atom stereocenters. The van der Waals surface area contributed by atoms with Gasteiger partial charge < -0.3 is 18.9 Å². The summed E-state index contributed by atoms with van der Waals surface area (Å²) in [4.78, 5) is 16.2. The van der Waals surface area contributed by atoms with Crippen molar-refractivity contribution in [2.45, 2.75) is 19.9 Å². The number of allylic oxidation sites excluding steroid dienone is 1. The van der Waals surface area contributed by atoms with E-state index in [9.17, 15) is 4.79 Å². The zero-order chi connectivity index (χ0) is 22.9. The van der Waals surface area contributed by atoms with Gasteiger partial charge in [-0.3, -0.25) is 9.69 Å². The molecule has 33 heavy (non-hydrogen) atoms. The SMILES string of the molecule is COc1ccc(CCN2COc3c(cc4c(c3C)O/C(=C\c3cccs3)C4=O)C2)cc1OC. The fourth-order valence-corrected chi connectivity index (χ4v) is 4.91. The number of Topliss-reactive ketones (excluding diaryl/α,β-unsaturated/α-hetero) is 1. The van der Waals surface area contributed by atoms with E-state index in [2.05, 4.69) is 11.0 Å². The number of rotatable bonds is 6. The molecular weight excluding hydrogens is 438 g/mol. The van der Waals surface area contributed by atoms with Gasteiger partial charge in [0, 0.05) is 35.2 Å². The Morgan fingerprint density at radius 1 is 1.12 bits per heavy atom. The number of hydrogen-bond acceptors (Lipinski definition) is 7. The Bertz CT molecular complexity index is 1230. The van der Waals surface area contributed by atoms with Crippen LogP contribution in [0.3, 0.4) is 0 Å². The van der Waals surface area contributed by atoms with Crippen LogP contribution >= 0.6 is 11.3 Å². The summed E-state index contributed by atoms with van der Waals surface area (Å²) in [5, 5.41) is 1.98. The molecule has 0 spiro atoms. The van der Waals surface area contributed by atoms with E-state index in [0.717, 1.165) is 51.8 Å². The number of ketones is 1. The molecule has 3 aromatic rings. The molecule has 0 saturated heterocycles. The van der Waals surface area contributed by atoms with Crippen LogP contribution in [0.2, 0.25) is 0 Å². The number of ether oxygens (including phenoxy) is 4. The number of carbonyl (C=O) groups excluding carboxylic acids is 1. The Morgan fingerprint density at radius 2 is 1.97 bits per heavy atom. The lowest BCUT2D eigenvalue weighted by molar-refractivity contribution is 0.0953. The summed E-state index contributed by atoms with van der Waals surface area (Å²) >= 11 is 1.57. The predicted molar refractivity (Wildman–Crippen MR) is 128 cm³/mol. The molecule has 0 fully saturated rings. The molecule has 1 aromatic heterocycles. The average molecular weight is 464 g/mol. The standard InChI is InChI=1S/C26H25NO5S/c1-16-25-18(12-20-24(28)23(32-26(16)20)13-19-5-4-10-33-19)14-27(15-31-25)9-8-17-6-7-21(29-2)22(11-17)30-3/h4-7,10-13H,8-9,14-15H2,1-3H3/b23-13-. The lowest BCUT2D eigenvalue weighted by atomic mass is 10.00. The maximum Gasteiger partial charge on any atom is 0.232 e. The first-order valence-corrected chi connectivity index (χ1v) is 11.7. The summed E-state index contributed by atoms with van der Waals surface area (Å²) in [6.07, 6.45) is 2.65. The van der Waals surface area contributed by atoms with Gasteiger partial charge in [-0.1, -0.05) is 12.1 Å². The molecule has 0 saturated carbocycles. The molecule has 0 aliphatic carbocycles. The molecule has 2 aromatic carbocycles. The second-order valence-corrected chi connectivity index (χ2v) is 9.07. The smallest absolute Gasteiger partial charge is 0.232 e. The summed E-state index contributed by atoms with van der Waals surface area (Å²) in [7, 11) is 3.28. The average Bonchev–Trinajstić information content (AvgIpc) is 3.46. The monoisotopic (exact) mass is 463 g/mol. The zero-order valence-corrected chi connectivity index (χ0v) is 19.7. The van der Waals surface area contributed by atoms with Crippen LogP contribution in [0, 0.1) is 6.92 Å². The third kappa shape index (κ3) is 4.10. The molecule has 3 heterocycles. The van der Waals surface area contributed by atoms with Crippen LogP contribution in [0.5, 0.6) is 23.0 Å². The van der Waals surface area contributed by atoms with Gasteiger partial charge in [0.25, 0.3) is 0 Å². The van der Waals surface area contributed by atoms with E-state index in [4.69, 9.17) is 18.9 Å². The van der Waals surface area contributed by atoms with Crippen LogP contribution in [-0.2, 0) is 13.0 Å². The Labute approximate surface area is 197 Å². The first kappa shape index (κ1) is 21.6. The topological polar surface area (TPSA) is 57.2 Å². The number of methoxy groups -OCH3 is 2. The van der Waals surface area contributed by atoms with Crippen molar-refractivity contribution < 1.29 is 23.7 Å². The summed E-state index contributed by atoms with van der Waals surface area (Å²) in [5.74, 6) is 3.17. The first-order chi connectivity index (χ1) is 16.1. The molecule has 2 aliphatic heterocycles. The highest BCUT2D eigenvalue weighted by atomic mass is 32.1. The Balaban J connectivity index is 1.32. The minimum absolute atomic E-state index is 0.0771. The van der Waals surface area contributed by atoms with E-state index in [1.807, 2.05) is 48.7 Å². The van der Waals surface area contributed by atoms with Gasteiger partial charge in [-0.05, 0) is 48.6 Å². The van der Waals surface area contributed by atoms with E-state index in [1.165, 1.54) is 0 Å². The zero-order valence-electron chi connectivity index (χ0n) is 18.8. The van der Waals surface area contributed by atoms with Crippen molar-refractivity contribution in [2.24, 2.45) is 0 Å². The largest absolute Gasteiger partial charge is 0.493 e. The summed E-state index contributed by atoms with van der Waals surface area (Å²) in [6, 6.07) is 11.8. The lowest BCUT2D eigenvalue weighted by Gasteiger charge is -2.30. The highest BCUT2D eigenvalue weighted by molar-refractivity contribution is 7.10. The van der Waals surface area contributed by atoms with Crippen molar-refractivity contribution in [3.8, 4) is 23.0 Å². The molecule has 0 atom stereocenters. The van der Waals surface area contributed by atoms with Crippen molar-refractivity contribution in [3.05, 3.63) is 74.7 Å². The van der Waals surface area contributed by atoms with Gasteiger partial charge in [-0.25, -0.2) is 0 Å². The van der Waals surface area contributed by atoms with Crippen LogP contribution < -0.4 is 18.9 Å². The van der Waals surface area contributed by atoms with E-state index in [-0.39, 0.29) is 5.78 Å².